The van der Waals surface area contributed by atoms with Gasteiger partial charge in [0.15, 0.2) is 7.85 Å². The molecule has 0 aromatic carbocycles. The molecule has 12 heteroatoms. The maximum atomic E-state index is 11.4. The van der Waals surface area contributed by atoms with Gasteiger partial charge in [0, 0.05) is 6.21 Å². The molecule has 0 fully saturated rings. The van der Waals surface area contributed by atoms with Gasteiger partial charge in [-0.3, -0.25) is 19.2 Å². The molecular formula is C12H20BN5O6. The molecule has 0 aliphatic rings. The lowest BCUT2D eigenvalue weighted by Crippen LogP contribution is -2.43. The zero-order valence-electron chi connectivity index (χ0n) is 13.5. The van der Waals surface area contributed by atoms with Crippen molar-refractivity contribution in [2.45, 2.75) is 6.92 Å². The lowest BCUT2D eigenvalue weighted by molar-refractivity contribution is -0.132. The largest absolute Gasteiger partial charge is 0.362 e. The molecule has 0 unspecified atom stereocenters. The summed E-state index contributed by atoms with van der Waals surface area (Å²) in [7, 11) is 1.32. The monoisotopic (exact) mass is 341 g/mol. The summed E-state index contributed by atoms with van der Waals surface area (Å²) >= 11 is 0. The Morgan fingerprint density at radius 1 is 0.875 bits per heavy atom. The number of hydrogen-bond acceptors (Lipinski definition) is 7. The van der Waals surface area contributed by atoms with E-state index in [9.17, 15) is 24.0 Å². The van der Waals surface area contributed by atoms with Crippen molar-refractivity contribution < 1.29 is 28.7 Å². The van der Waals surface area contributed by atoms with Crippen LogP contribution in [0.2, 0.25) is 0 Å². The molecular weight excluding hydrogens is 321 g/mol. The van der Waals surface area contributed by atoms with Gasteiger partial charge >= 0.3 is 0 Å². The molecule has 11 nitrogen and oxygen atoms in total. The van der Waals surface area contributed by atoms with E-state index in [-0.39, 0.29) is 31.9 Å². The maximum absolute atomic E-state index is 11.4. The third kappa shape index (κ3) is 12.9. The van der Waals surface area contributed by atoms with Crippen LogP contribution in [0.3, 0.4) is 0 Å². The Kier molecular flexibility index (Phi) is 11.3. The number of nitrogens with one attached hydrogen (secondary N) is 4. The van der Waals surface area contributed by atoms with Gasteiger partial charge in [0.2, 0.25) is 17.7 Å². The van der Waals surface area contributed by atoms with Gasteiger partial charge in [-0.25, -0.2) is 5.43 Å². The second kappa shape index (κ2) is 12.8. The first kappa shape index (κ1) is 21.2. The highest BCUT2D eigenvalue weighted by Crippen LogP contribution is 1.77. The number of nitrogens with zero attached hydrogens (tertiary/aromatic N) is 1. The van der Waals surface area contributed by atoms with E-state index < -0.39 is 30.2 Å². The average Bonchev–Trinajstić information content (AvgIpc) is 2.54. The van der Waals surface area contributed by atoms with Crippen LogP contribution in [-0.2, 0) is 28.7 Å². The summed E-state index contributed by atoms with van der Waals surface area (Å²) in [6, 6.07) is 0. The summed E-state index contributed by atoms with van der Waals surface area (Å²) in [5.74, 6) is -2.22. The molecule has 0 saturated carbocycles. The van der Waals surface area contributed by atoms with E-state index in [1.165, 1.54) is 14.1 Å². The van der Waals surface area contributed by atoms with Gasteiger partial charge in [-0.2, -0.15) is 5.10 Å². The van der Waals surface area contributed by atoms with E-state index in [2.05, 4.69) is 26.5 Å². The molecule has 0 radical (unpaired) electrons. The third-order valence-electron chi connectivity index (χ3n) is 2.21. The summed E-state index contributed by atoms with van der Waals surface area (Å²) in [5.41, 5.74) is 1.94. The first-order valence-electron chi connectivity index (χ1n) is 6.99. The normalized spacial score (nSPS) is 10.0. The maximum Gasteiger partial charge on any atom is 0.266 e. The van der Waals surface area contributed by atoms with Crippen LogP contribution >= 0.6 is 0 Å². The number of amides is 4. The molecule has 4 N–H and O–H groups in total. The first-order chi connectivity index (χ1) is 11.3. The van der Waals surface area contributed by atoms with Crippen molar-refractivity contribution in [3.8, 4) is 0 Å². The molecule has 0 aromatic rings. The van der Waals surface area contributed by atoms with Crippen molar-refractivity contribution in [3.63, 3.8) is 0 Å². The third-order valence-corrected chi connectivity index (χ3v) is 2.21. The van der Waals surface area contributed by atoms with Crippen LogP contribution in [0.5, 0.6) is 0 Å². The van der Waals surface area contributed by atoms with Crippen LogP contribution < -0.4 is 21.4 Å². The van der Waals surface area contributed by atoms with Crippen LogP contribution in [0.1, 0.15) is 6.92 Å². The topological polar surface area (TPSA) is 155 Å². The highest BCUT2D eigenvalue weighted by molar-refractivity contribution is 6.58. The van der Waals surface area contributed by atoms with Crippen LogP contribution in [0.25, 0.3) is 0 Å². The Balaban J connectivity index is 3.74. The molecule has 0 rings (SSSR count). The molecule has 0 aliphatic heterocycles. The number of hydrogen-bond donors (Lipinski definition) is 4. The van der Waals surface area contributed by atoms with Gasteiger partial charge in [-0.05, 0) is 6.92 Å². The number of carbonyl (C=O) groups is 5. The van der Waals surface area contributed by atoms with E-state index in [4.69, 9.17) is 4.74 Å². The molecule has 0 spiro atoms. The van der Waals surface area contributed by atoms with Crippen molar-refractivity contribution in [3.05, 3.63) is 0 Å². The van der Waals surface area contributed by atoms with E-state index in [1.807, 2.05) is 0 Å². The summed E-state index contributed by atoms with van der Waals surface area (Å²) in [6.07, 6.45) is 1.38. The van der Waals surface area contributed by atoms with Gasteiger partial charge < -0.3 is 25.5 Å². The molecule has 0 atom stereocenters. The van der Waals surface area contributed by atoms with Crippen LogP contribution in [0, 0.1) is 0 Å². The zero-order chi connectivity index (χ0) is 18.4. The standard InChI is InChI=1S/C12H20BN5O6/c1-2-17-18-12(23)7-24-6-11(22)16-5-10(21)15-4-9(20)14-3-8(13)19/h2H,3-7,13H2,1H3,(H,14,20)(H,15,21)(H,16,22)(H,18,23)/b17-2+. The fourth-order valence-electron chi connectivity index (χ4n) is 1.16. The Morgan fingerprint density at radius 3 is 1.92 bits per heavy atom. The first-order valence-corrected chi connectivity index (χ1v) is 6.99. The lowest BCUT2D eigenvalue weighted by Gasteiger charge is -2.07. The molecule has 0 bridgehead atoms. The van der Waals surface area contributed by atoms with Crippen molar-refractivity contribution in [1.29, 1.82) is 0 Å². The van der Waals surface area contributed by atoms with Gasteiger partial charge in [-0.1, -0.05) is 0 Å². The molecule has 0 aromatic heterocycles. The van der Waals surface area contributed by atoms with E-state index in [0.717, 1.165) is 0 Å². The Bertz CT molecular complexity index is 510. The van der Waals surface area contributed by atoms with Crippen molar-refractivity contribution in [2.24, 2.45) is 5.10 Å². The lowest BCUT2D eigenvalue weighted by atomic mass is 10.0. The fourth-order valence-corrected chi connectivity index (χ4v) is 1.16. The molecule has 132 valence electrons. The Morgan fingerprint density at radius 2 is 1.38 bits per heavy atom. The van der Waals surface area contributed by atoms with Crippen molar-refractivity contribution >= 4 is 43.4 Å². The summed E-state index contributed by atoms with van der Waals surface area (Å²) in [6.45, 7) is 0.0839. The van der Waals surface area contributed by atoms with Crippen LogP contribution in [0.4, 0.5) is 0 Å². The predicted molar refractivity (Wildman–Crippen MR) is 85.7 cm³/mol. The van der Waals surface area contributed by atoms with Crippen LogP contribution in [0.15, 0.2) is 5.10 Å². The molecule has 24 heavy (non-hydrogen) atoms. The van der Waals surface area contributed by atoms with E-state index >= 15 is 0 Å². The Labute approximate surface area is 139 Å². The van der Waals surface area contributed by atoms with Gasteiger partial charge in [0.25, 0.3) is 5.91 Å². The number of ether oxygens (including phenoxy) is 1. The molecule has 0 saturated heterocycles. The van der Waals surface area contributed by atoms with Gasteiger partial charge in [-0.15, -0.1) is 0 Å². The van der Waals surface area contributed by atoms with Crippen LogP contribution in [-0.4, -0.2) is 76.2 Å². The second-order valence-corrected chi connectivity index (χ2v) is 4.45. The van der Waals surface area contributed by atoms with Crippen molar-refractivity contribution in [1.82, 2.24) is 21.4 Å². The summed E-state index contributed by atoms with van der Waals surface area (Å²) in [5, 5.41) is 10.3. The highest BCUT2D eigenvalue weighted by Gasteiger charge is 2.09. The number of rotatable bonds is 11. The minimum absolute atomic E-state index is 0.111. The number of hydrazone groups is 1. The fraction of sp³-hybridized carbons (Fsp3) is 0.500. The quantitative estimate of drug-likeness (QED) is 0.169. The second-order valence-electron chi connectivity index (χ2n) is 4.45. The SMILES string of the molecule is BC(=O)CNC(=O)CNC(=O)CNC(=O)COCC(=O)N/N=C/C. The van der Waals surface area contributed by atoms with E-state index in [0.29, 0.717) is 0 Å². The number of carbonyl (C=O) groups excluding carboxylic acids is 5. The molecule has 0 aliphatic carbocycles. The molecule has 0 heterocycles. The van der Waals surface area contributed by atoms with E-state index in [1.54, 1.807) is 6.92 Å². The summed E-state index contributed by atoms with van der Waals surface area (Å²) < 4.78 is 4.81. The minimum Gasteiger partial charge on any atom is -0.362 e. The van der Waals surface area contributed by atoms with Crippen molar-refractivity contribution in [2.75, 3.05) is 32.8 Å². The molecule has 4 amide bonds. The Hall–Kier alpha value is -2.76. The average molecular weight is 341 g/mol. The van der Waals surface area contributed by atoms with Gasteiger partial charge in [0.1, 0.15) is 18.9 Å². The minimum atomic E-state index is -0.599. The predicted octanol–water partition coefficient (Wildman–Crippen LogP) is -4.37. The summed E-state index contributed by atoms with van der Waals surface area (Å²) in [4.78, 5) is 55.7. The zero-order valence-corrected chi connectivity index (χ0v) is 13.5. The smallest absolute Gasteiger partial charge is 0.266 e. The highest BCUT2D eigenvalue weighted by atomic mass is 16.5. The van der Waals surface area contributed by atoms with Gasteiger partial charge in [0.05, 0.1) is 19.6 Å².